The first-order valence-electron chi connectivity index (χ1n) is 6.95. The van der Waals surface area contributed by atoms with E-state index in [0.717, 1.165) is 11.1 Å². The monoisotopic (exact) mass is 320 g/mol. The molecule has 1 aromatic carbocycles. The molecule has 0 saturated carbocycles. The molecule has 0 saturated heterocycles. The Hall–Kier alpha value is -1.76. The summed E-state index contributed by atoms with van der Waals surface area (Å²) in [7, 11) is -3.58. The molecule has 0 aliphatic heterocycles. The predicted octanol–water partition coefficient (Wildman–Crippen LogP) is 2.05. The number of hydrogen-bond donors (Lipinski definition) is 2. The van der Waals surface area contributed by atoms with Gasteiger partial charge in [0.25, 0.3) is 0 Å². The van der Waals surface area contributed by atoms with Crippen molar-refractivity contribution >= 4 is 10.0 Å². The Morgan fingerprint density at radius 1 is 1.05 bits per heavy atom. The Bertz CT molecular complexity index is 711. The molecule has 0 bridgehead atoms. The third-order valence-electron chi connectivity index (χ3n) is 3.35. The Kier molecular flexibility index (Phi) is 4.95. The normalized spacial score (nSPS) is 12.3. The maximum atomic E-state index is 12.2. The molecule has 5 nitrogen and oxygen atoms in total. The average Bonchev–Trinajstić information content (AvgIpc) is 2.54. The van der Waals surface area contributed by atoms with E-state index in [-0.39, 0.29) is 18.0 Å². The van der Waals surface area contributed by atoms with E-state index in [1.165, 1.54) is 0 Å². The van der Waals surface area contributed by atoms with Gasteiger partial charge >= 0.3 is 0 Å². The van der Waals surface area contributed by atoms with Gasteiger partial charge in [-0.3, -0.25) is 4.98 Å². The van der Waals surface area contributed by atoms with Gasteiger partial charge in [-0.2, -0.15) is 0 Å². The van der Waals surface area contributed by atoms with Crippen molar-refractivity contribution in [1.29, 1.82) is 0 Å². The van der Waals surface area contributed by atoms with Crippen molar-refractivity contribution in [3.63, 3.8) is 0 Å². The molecular formula is C16H20N2O3S. The molecule has 0 atom stereocenters. The lowest BCUT2D eigenvalue weighted by molar-refractivity contribution is 0.163. The summed E-state index contributed by atoms with van der Waals surface area (Å²) in [6.45, 7) is 3.68. The minimum absolute atomic E-state index is 0.0868. The standard InChI is InChI=1S/C16H20N2O3S/c1-16(2,12-19)11-18-22(20,21)15-5-3-13(4-6-15)14-7-9-17-10-8-14/h3-10,18-19H,11-12H2,1-2H3. The number of pyridine rings is 1. The van der Waals surface area contributed by atoms with Crippen LogP contribution in [0.15, 0.2) is 53.7 Å². The first kappa shape index (κ1) is 16.6. The Morgan fingerprint density at radius 2 is 1.59 bits per heavy atom. The molecular weight excluding hydrogens is 300 g/mol. The van der Waals surface area contributed by atoms with Crippen molar-refractivity contribution in [2.24, 2.45) is 5.41 Å². The van der Waals surface area contributed by atoms with Gasteiger partial charge in [0.15, 0.2) is 0 Å². The number of aromatic nitrogens is 1. The van der Waals surface area contributed by atoms with Crippen LogP contribution in [0.4, 0.5) is 0 Å². The smallest absolute Gasteiger partial charge is 0.240 e. The first-order chi connectivity index (χ1) is 10.3. The molecule has 1 aromatic heterocycles. The van der Waals surface area contributed by atoms with Crippen LogP contribution in [0.3, 0.4) is 0 Å². The number of hydrogen-bond acceptors (Lipinski definition) is 4. The lowest BCUT2D eigenvalue weighted by Gasteiger charge is -2.21. The van der Waals surface area contributed by atoms with Gasteiger partial charge in [0.1, 0.15) is 0 Å². The van der Waals surface area contributed by atoms with Gasteiger partial charge in [0.2, 0.25) is 10.0 Å². The van der Waals surface area contributed by atoms with Crippen molar-refractivity contribution in [2.45, 2.75) is 18.7 Å². The van der Waals surface area contributed by atoms with E-state index in [1.807, 2.05) is 12.1 Å². The van der Waals surface area contributed by atoms with Crippen molar-refractivity contribution < 1.29 is 13.5 Å². The van der Waals surface area contributed by atoms with Crippen molar-refractivity contribution in [1.82, 2.24) is 9.71 Å². The molecule has 6 heteroatoms. The molecule has 2 N–H and O–H groups in total. The van der Waals surface area contributed by atoms with Crippen LogP contribution in [0.2, 0.25) is 0 Å². The second-order valence-corrected chi connectivity index (χ2v) is 7.67. The fourth-order valence-electron chi connectivity index (χ4n) is 1.80. The van der Waals surface area contributed by atoms with Gasteiger partial charge in [-0.05, 0) is 35.4 Å². The number of benzene rings is 1. The van der Waals surface area contributed by atoms with E-state index in [0.29, 0.717) is 0 Å². The molecule has 0 spiro atoms. The molecule has 1 heterocycles. The first-order valence-corrected chi connectivity index (χ1v) is 8.43. The minimum Gasteiger partial charge on any atom is -0.396 e. The Labute approximate surface area is 131 Å². The largest absolute Gasteiger partial charge is 0.396 e. The summed E-state index contributed by atoms with van der Waals surface area (Å²) in [4.78, 5) is 4.16. The van der Waals surface area contributed by atoms with Gasteiger partial charge in [0, 0.05) is 31.0 Å². The quantitative estimate of drug-likeness (QED) is 0.854. The summed E-state index contributed by atoms with van der Waals surface area (Å²) in [6.07, 6.45) is 3.39. The Balaban J connectivity index is 2.16. The van der Waals surface area contributed by atoms with E-state index in [9.17, 15) is 13.5 Å². The maximum absolute atomic E-state index is 12.2. The van der Waals surface area contributed by atoms with E-state index in [2.05, 4.69) is 9.71 Å². The highest BCUT2D eigenvalue weighted by Gasteiger charge is 2.21. The van der Waals surface area contributed by atoms with Crippen LogP contribution < -0.4 is 4.72 Å². The topological polar surface area (TPSA) is 79.3 Å². The zero-order valence-corrected chi connectivity index (χ0v) is 13.5. The van der Waals surface area contributed by atoms with Gasteiger partial charge in [-0.15, -0.1) is 0 Å². The maximum Gasteiger partial charge on any atom is 0.240 e. The highest BCUT2D eigenvalue weighted by Crippen LogP contribution is 2.21. The zero-order valence-electron chi connectivity index (χ0n) is 12.7. The molecule has 2 aromatic rings. The molecule has 0 radical (unpaired) electrons. The summed E-state index contributed by atoms with van der Waals surface area (Å²) < 4.78 is 27.0. The van der Waals surface area contributed by atoms with Crippen LogP contribution in [0.1, 0.15) is 13.8 Å². The predicted molar refractivity (Wildman–Crippen MR) is 85.7 cm³/mol. The SMILES string of the molecule is CC(C)(CO)CNS(=O)(=O)c1ccc(-c2ccncc2)cc1. The van der Waals surface area contributed by atoms with E-state index in [1.54, 1.807) is 50.5 Å². The molecule has 0 fully saturated rings. The summed E-state index contributed by atoms with van der Waals surface area (Å²) >= 11 is 0. The van der Waals surface area contributed by atoms with Crippen LogP contribution in [0.5, 0.6) is 0 Å². The van der Waals surface area contributed by atoms with Gasteiger partial charge in [-0.25, -0.2) is 13.1 Å². The van der Waals surface area contributed by atoms with Crippen LogP contribution >= 0.6 is 0 Å². The van der Waals surface area contributed by atoms with Crippen LogP contribution in [-0.4, -0.2) is 31.7 Å². The molecule has 0 aliphatic carbocycles. The fourth-order valence-corrected chi connectivity index (χ4v) is 3.04. The summed E-state index contributed by atoms with van der Waals surface area (Å²) in [6, 6.07) is 10.4. The van der Waals surface area contributed by atoms with Crippen molar-refractivity contribution in [3.05, 3.63) is 48.8 Å². The number of nitrogens with one attached hydrogen (secondary N) is 1. The van der Waals surface area contributed by atoms with E-state index in [4.69, 9.17) is 0 Å². The number of sulfonamides is 1. The molecule has 0 amide bonds. The third kappa shape index (κ3) is 4.13. The van der Waals surface area contributed by atoms with Crippen LogP contribution in [0, 0.1) is 5.41 Å². The molecule has 0 unspecified atom stereocenters. The summed E-state index contributed by atoms with van der Waals surface area (Å²) in [5.41, 5.74) is 1.41. The zero-order chi connectivity index (χ0) is 16.2. The highest BCUT2D eigenvalue weighted by atomic mass is 32.2. The van der Waals surface area contributed by atoms with Crippen molar-refractivity contribution in [2.75, 3.05) is 13.2 Å². The number of aliphatic hydroxyl groups is 1. The molecule has 0 aliphatic rings. The van der Waals surface area contributed by atoms with Crippen molar-refractivity contribution in [3.8, 4) is 11.1 Å². The van der Waals surface area contributed by atoms with Crippen LogP contribution in [0.25, 0.3) is 11.1 Å². The molecule has 2 rings (SSSR count). The second kappa shape index (κ2) is 6.56. The number of aliphatic hydroxyl groups excluding tert-OH is 1. The second-order valence-electron chi connectivity index (χ2n) is 5.91. The number of rotatable bonds is 6. The third-order valence-corrected chi connectivity index (χ3v) is 4.76. The summed E-state index contributed by atoms with van der Waals surface area (Å²) in [5.74, 6) is 0. The lowest BCUT2D eigenvalue weighted by Crippen LogP contribution is -2.36. The fraction of sp³-hybridized carbons (Fsp3) is 0.312. The molecule has 22 heavy (non-hydrogen) atoms. The lowest BCUT2D eigenvalue weighted by atomic mass is 9.96. The van der Waals surface area contributed by atoms with E-state index >= 15 is 0 Å². The highest BCUT2D eigenvalue weighted by molar-refractivity contribution is 7.89. The minimum atomic E-state index is -3.58. The van der Waals surface area contributed by atoms with Gasteiger partial charge in [0.05, 0.1) is 4.90 Å². The van der Waals surface area contributed by atoms with Crippen LogP contribution in [-0.2, 0) is 10.0 Å². The number of nitrogens with zero attached hydrogens (tertiary/aromatic N) is 1. The van der Waals surface area contributed by atoms with E-state index < -0.39 is 15.4 Å². The van der Waals surface area contributed by atoms with Gasteiger partial charge < -0.3 is 5.11 Å². The molecule has 118 valence electrons. The summed E-state index contributed by atoms with van der Waals surface area (Å²) in [5, 5.41) is 9.18. The van der Waals surface area contributed by atoms with Gasteiger partial charge in [-0.1, -0.05) is 26.0 Å². The Morgan fingerprint density at radius 3 is 2.14 bits per heavy atom. The average molecular weight is 320 g/mol.